The van der Waals surface area contributed by atoms with Crippen LogP contribution in [0.4, 0.5) is 11.4 Å². The first kappa shape index (κ1) is 9.34. The summed E-state index contributed by atoms with van der Waals surface area (Å²) in [6.07, 6.45) is 1.29. The minimum absolute atomic E-state index is 0.649. The van der Waals surface area contributed by atoms with E-state index in [4.69, 9.17) is 11.6 Å². The molecule has 2 atom stereocenters. The highest BCUT2D eigenvalue weighted by Crippen LogP contribution is 2.39. The molecule has 2 nitrogen and oxygen atoms in total. The first-order valence-electron chi connectivity index (χ1n) is 5.56. The van der Waals surface area contributed by atoms with Gasteiger partial charge in [-0.05, 0) is 30.5 Å². The van der Waals surface area contributed by atoms with Gasteiger partial charge in [0.15, 0.2) is 0 Å². The summed E-state index contributed by atoms with van der Waals surface area (Å²) in [6.45, 7) is 4.57. The van der Waals surface area contributed by atoms with Crippen LogP contribution in [-0.4, -0.2) is 19.1 Å². The Hall–Kier alpha value is -0.890. The fraction of sp³-hybridized carbons (Fsp3) is 0.500. The number of halogens is 1. The van der Waals surface area contributed by atoms with E-state index in [1.807, 2.05) is 6.07 Å². The van der Waals surface area contributed by atoms with Crippen LogP contribution >= 0.6 is 11.6 Å². The van der Waals surface area contributed by atoms with Crippen LogP contribution in [-0.2, 0) is 0 Å². The lowest BCUT2D eigenvalue weighted by Crippen LogP contribution is -2.41. The fourth-order valence-electron chi connectivity index (χ4n) is 2.73. The summed E-state index contributed by atoms with van der Waals surface area (Å²) in [5.41, 5.74) is 2.51. The maximum atomic E-state index is 6.05. The molecule has 1 fully saturated rings. The Kier molecular flexibility index (Phi) is 2.06. The van der Waals surface area contributed by atoms with E-state index in [1.165, 1.54) is 24.3 Å². The zero-order chi connectivity index (χ0) is 10.4. The summed E-state index contributed by atoms with van der Waals surface area (Å²) in [5.74, 6) is 0.782. The van der Waals surface area contributed by atoms with Crippen molar-refractivity contribution in [2.24, 2.45) is 5.92 Å². The maximum absolute atomic E-state index is 6.05. The van der Waals surface area contributed by atoms with Crippen LogP contribution in [0.1, 0.15) is 13.3 Å². The number of fused-ring (bicyclic) bond motifs is 3. The Morgan fingerprint density at radius 1 is 1.47 bits per heavy atom. The number of anilines is 2. The third-order valence-corrected chi connectivity index (χ3v) is 3.89. The largest absolute Gasteiger partial charge is 0.381 e. The first-order chi connectivity index (χ1) is 7.25. The molecule has 15 heavy (non-hydrogen) atoms. The van der Waals surface area contributed by atoms with Crippen molar-refractivity contribution in [3.8, 4) is 0 Å². The summed E-state index contributed by atoms with van der Waals surface area (Å²) >= 11 is 6.05. The number of hydrogen-bond donors (Lipinski definition) is 1. The van der Waals surface area contributed by atoms with Crippen molar-refractivity contribution in [3.63, 3.8) is 0 Å². The van der Waals surface area contributed by atoms with Crippen molar-refractivity contribution in [1.29, 1.82) is 0 Å². The molecule has 0 bridgehead atoms. The second kappa shape index (κ2) is 3.31. The van der Waals surface area contributed by atoms with Gasteiger partial charge >= 0.3 is 0 Å². The minimum Gasteiger partial charge on any atom is -0.381 e. The quantitative estimate of drug-likeness (QED) is 0.726. The molecule has 1 saturated heterocycles. The molecule has 3 rings (SSSR count). The van der Waals surface area contributed by atoms with Crippen molar-refractivity contribution < 1.29 is 0 Å². The molecule has 1 aromatic carbocycles. The van der Waals surface area contributed by atoms with Gasteiger partial charge in [-0.1, -0.05) is 18.5 Å². The lowest BCUT2D eigenvalue weighted by molar-refractivity contribution is 0.524. The zero-order valence-electron chi connectivity index (χ0n) is 8.83. The van der Waals surface area contributed by atoms with Crippen LogP contribution in [0.5, 0.6) is 0 Å². The van der Waals surface area contributed by atoms with Gasteiger partial charge in [-0.25, -0.2) is 0 Å². The molecule has 2 heterocycles. The molecule has 80 valence electrons. The summed E-state index contributed by atoms with van der Waals surface area (Å²) < 4.78 is 0. The average Bonchev–Trinajstić information content (AvgIpc) is 2.61. The molecule has 2 aliphatic rings. The molecule has 0 radical (unpaired) electrons. The molecule has 3 heteroatoms. The van der Waals surface area contributed by atoms with E-state index < -0.39 is 0 Å². The van der Waals surface area contributed by atoms with Crippen molar-refractivity contribution in [1.82, 2.24) is 0 Å². The van der Waals surface area contributed by atoms with Gasteiger partial charge in [0.1, 0.15) is 0 Å². The van der Waals surface area contributed by atoms with Gasteiger partial charge in [0.2, 0.25) is 0 Å². The summed E-state index contributed by atoms with van der Waals surface area (Å²) in [5, 5.41) is 4.32. The third-order valence-electron chi connectivity index (χ3n) is 3.65. The lowest BCUT2D eigenvalue weighted by Gasteiger charge is -2.36. The van der Waals surface area contributed by atoms with Crippen LogP contribution in [0.2, 0.25) is 5.02 Å². The molecule has 1 N–H and O–H groups in total. The second-order valence-electron chi connectivity index (χ2n) is 4.57. The standard InChI is InChI=1S/C12H15ClN2/c1-8-4-5-15-11-6-9(13)2-3-10(11)14-7-12(8)15/h2-3,6,8,12,14H,4-5,7H2,1H3. The van der Waals surface area contributed by atoms with Crippen molar-refractivity contribution in [3.05, 3.63) is 23.2 Å². The van der Waals surface area contributed by atoms with Crippen molar-refractivity contribution >= 4 is 23.0 Å². The molecule has 1 aromatic rings. The van der Waals surface area contributed by atoms with Crippen molar-refractivity contribution in [2.45, 2.75) is 19.4 Å². The Bertz CT molecular complexity index is 391. The second-order valence-corrected chi connectivity index (χ2v) is 5.01. The number of hydrogen-bond acceptors (Lipinski definition) is 2. The van der Waals surface area contributed by atoms with E-state index in [0.717, 1.165) is 17.5 Å². The Morgan fingerprint density at radius 2 is 2.33 bits per heavy atom. The van der Waals surface area contributed by atoms with E-state index in [9.17, 15) is 0 Å². The predicted molar refractivity (Wildman–Crippen MR) is 64.9 cm³/mol. The van der Waals surface area contributed by atoms with Gasteiger partial charge in [-0.2, -0.15) is 0 Å². The zero-order valence-corrected chi connectivity index (χ0v) is 9.59. The summed E-state index contributed by atoms with van der Waals surface area (Å²) in [6, 6.07) is 6.76. The van der Waals surface area contributed by atoms with E-state index in [-0.39, 0.29) is 0 Å². The molecule has 0 amide bonds. The minimum atomic E-state index is 0.649. The highest BCUT2D eigenvalue weighted by molar-refractivity contribution is 6.31. The normalized spacial score (nSPS) is 28.3. The van der Waals surface area contributed by atoms with Gasteiger partial charge in [0, 0.05) is 24.2 Å². The highest BCUT2D eigenvalue weighted by Gasteiger charge is 2.35. The van der Waals surface area contributed by atoms with Crippen LogP contribution in [0, 0.1) is 5.92 Å². The van der Waals surface area contributed by atoms with Gasteiger partial charge < -0.3 is 10.2 Å². The lowest BCUT2D eigenvalue weighted by atomic mass is 10.0. The summed E-state index contributed by atoms with van der Waals surface area (Å²) in [4.78, 5) is 2.50. The van der Waals surface area contributed by atoms with Crippen LogP contribution < -0.4 is 10.2 Å². The summed E-state index contributed by atoms with van der Waals surface area (Å²) in [7, 11) is 0. The molecular formula is C12H15ClN2. The van der Waals surface area contributed by atoms with E-state index in [0.29, 0.717) is 6.04 Å². The van der Waals surface area contributed by atoms with Gasteiger partial charge in [-0.3, -0.25) is 0 Å². The molecule has 0 spiro atoms. The Balaban J connectivity index is 2.04. The smallest absolute Gasteiger partial charge is 0.0620 e. The number of rotatable bonds is 0. The van der Waals surface area contributed by atoms with Crippen LogP contribution in [0.3, 0.4) is 0 Å². The van der Waals surface area contributed by atoms with E-state index >= 15 is 0 Å². The third kappa shape index (κ3) is 1.39. The van der Waals surface area contributed by atoms with Gasteiger partial charge in [-0.15, -0.1) is 0 Å². The first-order valence-corrected chi connectivity index (χ1v) is 5.93. The molecule has 0 saturated carbocycles. The monoisotopic (exact) mass is 222 g/mol. The van der Waals surface area contributed by atoms with Crippen LogP contribution in [0.15, 0.2) is 18.2 Å². The number of nitrogens with zero attached hydrogens (tertiary/aromatic N) is 1. The maximum Gasteiger partial charge on any atom is 0.0620 e. The van der Waals surface area contributed by atoms with Crippen LogP contribution in [0.25, 0.3) is 0 Å². The molecular weight excluding hydrogens is 208 g/mol. The van der Waals surface area contributed by atoms with E-state index in [2.05, 4.69) is 29.3 Å². The molecule has 0 aromatic heterocycles. The number of nitrogens with one attached hydrogen (secondary N) is 1. The van der Waals surface area contributed by atoms with Gasteiger partial charge in [0.05, 0.1) is 11.4 Å². The molecule has 2 unspecified atom stereocenters. The fourth-order valence-corrected chi connectivity index (χ4v) is 2.89. The van der Waals surface area contributed by atoms with Gasteiger partial charge in [0.25, 0.3) is 0 Å². The highest BCUT2D eigenvalue weighted by atomic mass is 35.5. The Labute approximate surface area is 95.2 Å². The predicted octanol–water partition coefficient (Wildman–Crippen LogP) is 2.98. The Morgan fingerprint density at radius 3 is 3.20 bits per heavy atom. The molecule has 2 aliphatic heterocycles. The van der Waals surface area contributed by atoms with Crippen molar-refractivity contribution in [2.75, 3.05) is 23.3 Å². The van der Waals surface area contributed by atoms with E-state index in [1.54, 1.807) is 0 Å². The SMILES string of the molecule is CC1CCN2c3cc(Cl)ccc3NCC12. The topological polar surface area (TPSA) is 15.3 Å². The average molecular weight is 223 g/mol. The molecule has 0 aliphatic carbocycles. The number of benzene rings is 1.